The summed E-state index contributed by atoms with van der Waals surface area (Å²) in [7, 11) is 3.29. The first-order valence-electron chi connectivity index (χ1n) is 4.76. The molecule has 1 rings (SSSR count). The zero-order valence-electron chi connectivity index (χ0n) is 9.37. The molecule has 15 heavy (non-hydrogen) atoms. The van der Waals surface area contributed by atoms with Gasteiger partial charge in [-0.3, -0.25) is 0 Å². The highest BCUT2D eigenvalue weighted by Crippen LogP contribution is 2.29. The van der Waals surface area contributed by atoms with Gasteiger partial charge in [0.2, 0.25) is 0 Å². The Kier molecular flexibility index (Phi) is 4.39. The Morgan fingerprint density at radius 2 is 1.67 bits per heavy atom. The minimum Gasteiger partial charge on any atom is -0.496 e. The van der Waals surface area contributed by atoms with E-state index in [4.69, 9.17) is 15.4 Å². The average molecular weight is 211 g/mol. The van der Waals surface area contributed by atoms with Gasteiger partial charge in [0.1, 0.15) is 11.5 Å². The van der Waals surface area contributed by atoms with E-state index in [0.29, 0.717) is 6.61 Å². The zero-order chi connectivity index (χ0) is 11.3. The number of nitrogens with two attached hydrogens (primary N) is 1. The van der Waals surface area contributed by atoms with Crippen molar-refractivity contribution in [3.8, 4) is 11.5 Å². The summed E-state index contributed by atoms with van der Waals surface area (Å²) >= 11 is 0. The Balaban J connectivity index is 2.98. The van der Waals surface area contributed by atoms with Gasteiger partial charge >= 0.3 is 0 Å². The van der Waals surface area contributed by atoms with Gasteiger partial charge in [0.25, 0.3) is 0 Å². The van der Waals surface area contributed by atoms with Gasteiger partial charge in [-0.1, -0.05) is 0 Å². The van der Waals surface area contributed by atoms with Gasteiger partial charge < -0.3 is 14.3 Å². The quantitative estimate of drug-likeness (QED) is 0.749. The molecule has 84 valence electrons. The number of hydrogen-bond acceptors (Lipinski definition) is 4. The fourth-order valence-corrected chi connectivity index (χ4v) is 1.46. The Morgan fingerprint density at radius 3 is 2.07 bits per heavy atom. The van der Waals surface area contributed by atoms with Crippen molar-refractivity contribution in [2.24, 2.45) is 5.90 Å². The Bertz CT molecular complexity index is 301. The maximum Gasteiger partial charge on any atom is 0.125 e. The van der Waals surface area contributed by atoms with Crippen molar-refractivity contribution in [2.75, 3.05) is 20.8 Å². The van der Waals surface area contributed by atoms with Crippen LogP contribution in [0.15, 0.2) is 12.1 Å². The lowest BCUT2D eigenvalue weighted by Crippen LogP contribution is -2.04. The summed E-state index contributed by atoms with van der Waals surface area (Å²) in [5.74, 6) is 6.63. The molecule has 0 fully saturated rings. The van der Waals surface area contributed by atoms with Crippen molar-refractivity contribution in [2.45, 2.75) is 13.3 Å². The van der Waals surface area contributed by atoms with E-state index in [0.717, 1.165) is 29.0 Å². The van der Waals surface area contributed by atoms with Crippen LogP contribution < -0.4 is 15.4 Å². The topological polar surface area (TPSA) is 53.7 Å². The third-order valence-electron chi connectivity index (χ3n) is 2.32. The van der Waals surface area contributed by atoms with Crippen molar-refractivity contribution in [3.63, 3.8) is 0 Å². The normalized spacial score (nSPS) is 10.1. The summed E-state index contributed by atoms with van der Waals surface area (Å²) in [6.45, 7) is 2.44. The Hall–Kier alpha value is -1.26. The monoisotopic (exact) mass is 211 g/mol. The van der Waals surface area contributed by atoms with Crippen molar-refractivity contribution >= 4 is 0 Å². The fourth-order valence-electron chi connectivity index (χ4n) is 1.46. The molecule has 1 aromatic rings. The van der Waals surface area contributed by atoms with Crippen molar-refractivity contribution in [3.05, 3.63) is 23.3 Å². The Morgan fingerprint density at radius 1 is 1.13 bits per heavy atom. The van der Waals surface area contributed by atoms with E-state index in [9.17, 15) is 0 Å². The second-order valence-electron chi connectivity index (χ2n) is 3.25. The molecule has 0 aliphatic carbocycles. The summed E-state index contributed by atoms with van der Waals surface area (Å²) < 4.78 is 10.5. The molecule has 0 aliphatic rings. The van der Waals surface area contributed by atoms with Crippen molar-refractivity contribution in [1.82, 2.24) is 0 Å². The van der Waals surface area contributed by atoms with Gasteiger partial charge in [0.05, 0.1) is 20.8 Å². The number of hydrogen-bond donors (Lipinski definition) is 1. The van der Waals surface area contributed by atoms with Gasteiger partial charge in [0.15, 0.2) is 0 Å². The highest BCUT2D eigenvalue weighted by Gasteiger charge is 2.07. The van der Waals surface area contributed by atoms with Gasteiger partial charge in [0, 0.05) is 5.56 Å². The number of methoxy groups -OCH3 is 2. The van der Waals surface area contributed by atoms with Gasteiger partial charge in [-0.05, 0) is 31.0 Å². The molecular formula is C11H17NO3. The molecule has 0 saturated heterocycles. The van der Waals surface area contributed by atoms with Crippen LogP contribution in [0.5, 0.6) is 11.5 Å². The molecule has 2 N–H and O–H groups in total. The standard InChI is InChI=1S/C11H17NO3/c1-8-10(13-2)6-9(4-5-15-12)7-11(8)14-3/h6-7H,4-5,12H2,1-3H3. The molecule has 0 unspecified atom stereocenters. The van der Waals surface area contributed by atoms with Crippen LogP contribution in [-0.4, -0.2) is 20.8 Å². The van der Waals surface area contributed by atoms with Crippen LogP contribution in [0.1, 0.15) is 11.1 Å². The first-order chi connectivity index (χ1) is 7.22. The van der Waals surface area contributed by atoms with E-state index in [-0.39, 0.29) is 0 Å². The van der Waals surface area contributed by atoms with Crippen LogP contribution in [0.3, 0.4) is 0 Å². The van der Waals surface area contributed by atoms with Crippen molar-refractivity contribution in [1.29, 1.82) is 0 Å². The predicted octanol–water partition coefficient (Wildman–Crippen LogP) is 1.45. The maximum absolute atomic E-state index is 5.26. The summed E-state index contributed by atoms with van der Waals surface area (Å²) in [5.41, 5.74) is 2.08. The van der Waals surface area contributed by atoms with Crippen LogP contribution in [0.2, 0.25) is 0 Å². The van der Waals surface area contributed by atoms with Crippen LogP contribution in [0.25, 0.3) is 0 Å². The Labute approximate surface area is 89.9 Å². The summed E-state index contributed by atoms with van der Waals surface area (Å²) in [5, 5.41) is 0. The fraction of sp³-hybridized carbons (Fsp3) is 0.455. The second kappa shape index (κ2) is 5.58. The van der Waals surface area contributed by atoms with Gasteiger partial charge in [-0.25, -0.2) is 5.90 Å². The summed E-state index contributed by atoms with van der Waals surface area (Å²) in [6.07, 6.45) is 0.740. The van der Waals surface area contributed by atoms with Crippen LogP contribution in [0, 0.1) is 6.92 Å². The molecule has 0 radical (unpaired) electrons. The lowest BCUT2D eigenvalue weighted by atomic mass is 10.1. The highest BCUT2D eigenvalue weighted by molar-refractivity contribution is 5.47. The third kappa shape index (κ3) is 2.84. The molecule has 0 saturated carbocycles. The number of rotatable bonds is 5. The number of ether oxygens (including phenoxy) is 2. The molecular weight excluding hydrogens is 194 g/mol. The van der Waals surface area contributed by atoms with Crippen LogP contribution in [-0.2, 0) is 11.3 Å². The van der Waals surface area contributed by atoms with Crippen LogP contribution in [0.4, 0.5) is 0 Å². The van der Waals surface area contributed by atoms with E-state index >= 15 is 0 Å². The third-order valence-corrected chi connectivity index (χ3v) is 2.32. The lowest BCUT2D eigenvalue weighted by molar-refractivity contribution is 0.141. The van der Waals surface area contributed by atoms with E-state index in [1.165, 1.54) is 0 Å². The first kappa shape index (κ1) is 11.8. The molecule has 4 heteroatoms. The predicted molar refractivity (Wildman–Crippen MR) is 58.1 cm³/mol. The van der Waals surface area contributed by atoms with E-state index < -0.39 is 0 Å². The smallest absolute Gasteiger partial charge is 0.125 e. The molecule has 4 nitrogen and oxygen atoms in total. The minimum absolute atomic E-state index is 0.482. The summed E-state index contributed by atoms with van der Waals surface area (Å²) in [4.78, 5) is 4.54. The molecule has 0 heterocycles. The summed E-state index contributed by atoms with van der Waals surface area (Å²) in [6, 6.07) is 3.94. The maximum atomic E-state index is 5.26. The highest BCUT2D eigenvalue weighted by atomic mass is 16.6. The molecule has 0 aliphatic heterocycles. The first-order valence-corrected chi connectivity index (χ1v) is 4.76. The van der Waals surface area contributed by atoms with Gasteiger partial charge in [-0.15, -0.1) is 0 Å². The molecule has 0 amide bonds. The zero-order valence-corrected chi connectivity index (χ0v) is 9.37. The molecule has 0 atom stereocenters. The van der Waals surface area contributed by atoms with Crippen LogP contribution >= 0.6 is 0 Å². The van der Waals surface area contributed by atoms with Crippen molar-refractivity contribution < 1.29 is 14.3 Å². The average Bonchev–Trinajstić information content (AvgIpc) is 2.27. The molecule has 0 bridgehead atoms. The lowest BCUT2D eigenvalue weighted by Gasteiger charge is -2.12. The molecule has 0 spiro atoms. The van der Waals surface area contributed by atoms with E-state index in [2.05, 4.69) is 4.84 Å². The largest absolute Gasteiger partial charge is 0.496 e. The van der Waals surface area contributed by atoms with Gasteiger partial charge in [-0.2, -0.15) is 0 Å². The second-order valence-corrected chi connectivity index (χ2v) is 3.25. The number of benzene rings is 1. The molecule has 1 aromatic carbocycles. The van der Waals surface area contributed by atoms with E-state index in [1.54, 1.807) is 14.2 Å². The SMILES string of the molecule is COc1cc(CCON)cc(OC)c1C. The minimum atomic E-state index is 0.482. The van der Waals surface area contributed by atoms with E-state index in [1.807, 2.05) is 19.1 Å². The molecule has 0 aromatic heterocycles.